The lowest BCUT2D eigenvalue weighted by atomic mass is 10.0. The number of aliphatic hydroxyl groups excluding tert-OH is 2. The van der Waals surface area contributed by atoms with Crippen LogP contribution in [0.4, 0.5) is 0 Å². The Labute approximate surface area is 651 Å². The summed E-state index contributed by atoms with van der Waals surface area (Å²) < 4.78 is 61.1. The van der Waals surface area contributed by atoms with Crippen LogP contribution in [0.3, 0.4) is 0 Å². The van der Waals surface area contributed by atoms with Gasteiger partial charge in [-0.25, -0.2) is 9.13 Å². The van der Waals surface area contributed by atoms with E-state index in [2.05, 4.69) is 167 Å². The van der Waals surface area contributed by atoms with Crippen LogP contribution in [-0.2, 0) is 55.8 Å². The van der Waals surface area contributed by atoms with Crippen LogP contribution < -0.4 is 0 Å². The molecule has 0 amide bonds. The van der Waals surface area contributed by atoms with E-state index in [0.29, 0.717) is 19.3 Å². The summed E-state index contributed by atoms with van der Waals surface area (Å²) >= 11 is 0. The summed E-state index contributed by atoms with van der Waals surface area (Å²) in [6, 6.07) is 0. The van der Waals surface area contributed by atoms with Crippen molar-refractivity contribution in [2.24, 2.45) is 0 Å². The molecule has 5 unspecified atom stereocenters. The molecule has 4 N–H and O–H groups in total. The van der Waals surface area contributed by atoms with E-state index in [1.165, 1.54) is 116 Å². The second-order valence-corrected chi connectivity index (χ2v) is 30.8. The Morgan fingerprint density at radius 3 is 0.794 bits per heavy atom. The number of carbonyl (C=O) groups excluding carboxylic acids is 3. The third-order valence-electron chi connectivity index (χ3n) is 17.5. The van der Waals surface area contributed by atoms with Crippen molar-refractivity contribution >= 4 is 33.6 Å². The van der Waals surface area contributed by atoms with Gasteiger partial charge in [-0.3, -0.25) is 32.5 Å². The van der Waals surface area contributed by atoms with Gasteiger partial charge >= 0.3 is 33.6 Å². The number of aliphatic hydroxyl groups is 2. The quantitative estimate of drug-likeness (QED) is 0.0146. The number of hydrogen-bond donors (Lipinski definition) is 4. The van der Waals surface area contributed by atoms with E-state index in [-0.39, 0.29) is 19.3 Å². The van der Waals surface area contributed by atoms with Crippen LogP contribution in [-0.4, -0.2) is 95.9 Å². The first kappa shape index (κ1) is 102. The molecule has 0 aromatic carbocycles. The largest absolute Gasteiger partial charge is 0.472 e. The second kappa shape index (κ2) is 80.9. The highest BCUT2D eigenvalue weighted by Crippen LogP contribution is 2.45. The Morgan fingerprint density at radius 1 is 0.271 bits per heavy atom. The zero-order valence-corrected chi connectivity index (χ0v) is 69.1. The molecule has 0 saturated carbocycles. The minimum atomic E-state index is -4.94. The van der Waals surface area contributed by atoms with Crippen LogP contribution >= 0.6 is 15.6 Å². The summed E-state index contributed by atoms with van der Waals surface area (Å²) in [6.07, 6.45) is 101. The number of phosphoric acid groups is 2. The standard InChI is InChI=1S/C89H152O16P2/c1-4-7-10-13-16-19-22-24-26-28-30-32-34-36-37-38-39-40-41-42-43-44-45-47-49-50-52-54-56-58-61-63-66-69-72-75-87(92)99-78-84(90)79-101-106(95,96)102-80-85(91)81-103-107(97,98)104-83-86(105-89(94)77-74-71-68-65-60-21-18-15-12-9-6-3)82-100-88(93)76-73-70-67-64-62-59-57-55-53-51-48-46-35-33-31-29-27-25-23-20-17-14-11-8-5-2/h7-8,10-11,15-20,24-27,30-33,36-37,46,48,53,55,84-86,90-91H,4-6,9,12-14,21-23,28-29,34-35,38-45,47,49-52,54,56-83H2,1-3H3,(H,95,96)(H,97,98)/b10-7-,11-8-,18-15-,19-16-,20-17-,26-24-,27-25-,32-30-,33-31-,37-36-,48-46-,55-53-. The number of ether oxygens (including phenoxy) is 3. The Kier molecular flexibility index (Phi) is 77.5. The zero-order valence-electron chi connectivity index (χ0n) is 67.3. The van der Waals surface area contributed by atoms with Crippen molar-refractivity contribution < 1.29 is 75.8 Å². The second-order valence-electron chi connectivity index (χ2n) is 27.9. The van der Waals surface area contributed by atoms with Gasteiger partial charge in [-0.15, -0.1) is 0 Å². The number of allylic oxidation sites excluding steroid dienone is 24. The highest BCUT2D eigenvalue weighted by atomic mass is 31.2. The fraction of sp³-hybridized carbons (Fsp3) is 0.697. The molecule has 16 nitrogen and oxygen atoms in total. The van der Waals surface area contributed by atoms with Gasteiger partial charge in [0.25, 0.3) is 0 Å². The van der Waals surface area contributed by atoms with Crippen LogP contribution in [0.15, 0.2) is 146 Å². The number of esters is 3. The van der Waals surface area contributed by atoms with Crippen LogP contribution in [0, 0.1) is 0 Å². The zero-order chi connectivity index (χ0) is 78.0. The van der Waals surface area contributed by atoms with Gasteiger partial charge in [0.05, 0.1) is 26.4 Å². The fourth-order valence-corrected chi connectivity index (χ4v) is 12.8. The van der Waals surface area contributed by atoms with E-state index in [0.717, 1.165) is 167 Å². The number of unbranched alkanes of at least 4 members (excludes halogenated alkanes) is 32. The maximum Gasteiger partial charge on any atom is 0.472 e. The van der Waals surface area contributed by atoms with E-state index >= 15 is 0 Å². The average Bonchev–Trinajstić information content (AvgIpc) is 0.909. The summed E-state index contributed by atoms with van der Waals surface area (Å²) in [5.74, 6) is -1.60. The Morgan fingerprint density at radius 2 is 0.495 bits per heavy atom. The maximum atomic E-state index is 12.9. The van der Waals surface area contributed by atoms with Crippen molar-refractivity contribution in [1.29, 1.82) is 0 Å². The van der Waals surface area contributed by atoms with Crippen molar-refractivity contribution in [3.63, 3.8) is 0 Å². The molecule has 107 heavy (non-hydrogen) atoms. The van der Waals surface area contributed by atoms with E-state index < -0.39 is 91.5 Å². The monoisotopic (exact) mass is 1540 g/mol. The van der Waals surface area contributed by atoms with E-state index in [1.54, 1.807) is 0 Å². The highest BCUT2D eigenvalue weighted by Gasteiger charge is 2.29. The first-order valence-corrected chi connectivity index (χ1v) is 45.1. The van der Waals surface area contributed by atoms with Crippen LogP contribution in [0.25, 0.3) is 0 Å². The molecule has 0 fully saturated rings. The van der Waals surface area contributed by atoms with E-state index in [4.69, 9.17) is 32.3 Å². The van der Waals surface area contributed by atoms with Gasteiger partial charge in [-0.05, 0) is 135 Å². The van der Waals surface area contributed by atoms with Gasteiger partial charge in [0, 0.05) is 19.3 Å². The highest BCUT2D eigenvalue weighted by molar-refractivity contribution is 7.47. The number of hydrogen-bond acceptors (Lipinski definition) is 14. The summed E-state index contributed by atoms with van der Waals surface area (Å²) in [7, 11) is -9.79. The number of rotatable bonds is 79. The molecule has 0 rings (SSSR count). The fourth-order valence-electron chi connectivity index (χ4n) is 11.2. The molecule has 0 aromatic rings. The third kappa shape index (κ3) is 82.2. The molecular weight excluding hydrogens is 1390 g/mol. The number of carbonyl (C=O) groups is 3. The molecule has 0 aliphatic heterocycles. The summed E-state index contributed by atoms with van der Waals surface area (Å²) in [5.41, 5.74) is 0. The molecular formula is C89H152O16P2. The summed E-state index contributed by atoms with van der Waals surface area (Å²) in [6.45, 7) is 2.40. The lowest BCUT2D eigenvalue weighted by molar-refractivity contribution is -0.161. The lowest BCUT2D eigenvalue weighted by Gasteiger charge is -2.21. The normalized spacial score (nSPS) is 14.6. The molecule has 0 spiro atoms. The minimum Gasteiger partial charge on any atom is -0.463 e. The Balaban J connectivity index is 4.36. The first-order chi connectivity index (χ1) is 52.2. The van der Waals surface area contributed by atoms with Gasteiger partial charge in [0.2, 0.25) is 0 Å². The molecule has 0 saturated heterocycles. The molecule has 5 atom stereocenters. The molecule has 0 aliphatic rings. The van der Waals surface area contributed by atoms with Crippen molar-refractivity contribution in [3.8, 4) is 0 Å². The lowest BCUT2D eigenvalue weighted by Crippen LogP contribution is -2.30. The van der Waals surface area contributed by atoms with Crippen LogP contribution in [0.2, 0.25) is 0 Å². The predicted octanol–water partition coefficient (Wildman–Crippen LogP) is 25.2. The molecule has 0 heterocycles. The van der Waals surface area contributed by atoms with Crippen LogP contribution in [0.1, 0.15) is 342 Å². The topological polar surface area (TPSA) is 231 Å². The minimum absolute atomic E-state index is 0.0879. The number of phosphoric ester groups is 2. The molecule has 0 aromatic heterocycles. The SMILES string of the molecule is CC/C=C\C/C=C\C/C=C\C/C=C\C/C=C\C/C=C\CCCCCCCCC(=O)OCC(COP(=O)(O)OCC(O)COP(=O)(O)OCC(O)COC(=O)CCCCCCCCCCCCCCCCCCCCC/C=C\C/C=C\C/C=C\C/C=C\C/C=C\CC)OC(=O)CCCCCCC/C=C\CCCC. The smallest absolute Gasteiger partial charge is 0.463 e. The maximum absolute atomic E-state index is 12.9. The first-order valence-electron chi connectivity index (χ1n) is 42.1. The molecule has 614 valence electrons. The van der Waals surface area contributed by atoms with Gasteiger partial charge in [0.1, 0.15) is 25.4 Å². The van der Waals surface area contributed by atoms with Gasteiger partial charge in [-0.2, -0.15) is 0 Å². The van der Waals surface area contributed by atoms with E-state index in [9.17, 15) is 43.5 Å². The third-order valence-corrected chi connectivity index (χ3v) is 19.4. The van der Waals surface area contributed by atoms with Gasteiger partial charge in [-0.1, -0.05) is 334 Å². The molecule has 0 aliphatic carbocycles. The van der Waals surface area contributed by atoms with Crippen LogP contribution in [0.5, 0.6) is 0 Å². The van der Waals surface area contributed by atoms with Gasteiger partial charge < -0.3 is 34.2 Å². The molecule has 18 heteroatoms. The van der Waals surface area contributed by atoms with Crippen molar-refractivity contribution in [2.75, 3.05) is 39.6 Å². The van der Waals surface area contributed by atoms with E-state index in [1.807, 2.05) is 0 Å². The Bertz CT molecular complexity index is 2530. The Hall–Kier alpha value is -4.57. The van der Waals surface area contributed by atoms with Crippen molar-refractivity contribution in [3.05, 3.63) is 146 Å². The molecule has 0 bridgehead atoms. The van der Waals surface area contributed by atoms with Crippen molar-refractivity contribution in [2.45, 2.75) is 360 Å². The predicted molar refractivity (Wildman–Crippen MR) is 445 cm³/mol. The average molecular weight is 1540 g/mol. The summed E-state index contributed by atoms with van der Waals surface area (Å²) in [4.78, 5) is 58.6. The van der Waals surface area contributed by atoms with Crippen molar-refractivity contribution in [1.82, 2.24) is 0 Å². The van der Waals surface area contributed by atoms with Gasteiger partial charge in [0.15, 0.2) is 6.10 Å². The molecule has 0 radical (unpaired) electrons. The summed E-state index contributed by atoms with van der Waals surface area (Å²) in [5, 5.41) is 20.6.